The highest BCUT2D eigenvalue weighted by atomic mass is 35.5. The number of hydrogen-bond acceptors (Lipinski definition) is 3. The molecule has 0 radical (unpaired) electrons. The highest BCUT2D eigenvalue weighted by Gasteiger charge is 2.51. The number of phenolic OH excluding ortho intramolecular Hbond substituents is 1. The van der Waals surface area contributed by atoms with E-state index >= 15 is 0 Å². The molecule has 2 N–H and O–H groups in total. The van der Waals surface area contributed by atoms with Crippen LogP contribution in [0.1, 0.15) is 38.2 Å². The van der Waals surface area contributed by atoms with Crippen LogP contribution in [0.5, 0.6) is 5.75 Å². The third-order valence-electron chi connectivity index (χ3n) is 4.65. The Hall–Kier alpha value is -0.770. The van der Waals surface area contributed by atoms with Crippen molar-refractivity contribution in [1.29, 1.82) is 0 Å². The van der Waals surface area contributed by atoms with Gasteiger partial charge in [-0.2, -0.15) is 0 Å². The number of aliphatic hydroxyl groups is 1. The lowest BCUT2D eigenvalue weighted by Gasteiger charge is -2.52. The summed E-state index contributed by atoms with van der Waals surface area (Å²) in [6.45, 7) is 2.11. The van der Waals surface area contributed by atoms with Crippen molar-refractivity contribution in [3.8, 4) is 5.75 Å². The predicted molar refractivity (Wildman–Crippen MR) is 79.8 cm³/mol. The van der Waals surface area contributed by atoms with Crippen LogP contribution in [0.15, 0.2) is 24.3 Å². The summed E-state index contributed by atoms with van der Waals surface area (Å²) in [7, 11) is 4.03. The van der Waals surface area contributed by atoms with Gasteiger partial charge in [0.25, 0.3) is 0 Å². The van der Waals surface area contributed by atoms with E-state index in [9.17, 15) is 10.2 Å². The monoisotopic (exact) mass is 285 g/mol. The molecule has 108 valence electrons. The first kappa shape index (κ1) is 16.3. The van der Waals surface area contributed by atoms with Gasteiger partial charge in [-0.25, -0.2) is 0 Å². The van der Waals surface area contributed by atoms with Crippen LogP contribution in [0.2, 0.25) is 0 Å². The van der Waals surface area contributed by atoms with Crippen LogP contribution < -0.4 is 0 Å². The molecule has 2 rings (SSSR count). The summed E-state index contributed by atoms with van der Waals surface area (Å²) < 4.78 is 0. The van der Waals surface area contributed by atoms with Gasteiger partial charge in [0.05, 0.1) is 5.54 Å². The summed E-state index contributed by atoms with van der Waals surface area (Å²) in [6.07, 6.45) is 3.86. The molecule has 0 aliphatic heterocycles. The Morgan fingerprint density at radius 2 is 1.79 bits per heavy atom. The maximum Gasteiger partial charge on any atom is 0.115 e. The normalized spacial score (nSPS) is 31.0. The van der Waals surface area contributed by atoms with Gasteiger partial charge < -0.3 is 15.1 Å². The number of rotatable bonds is 2. The summed E-state index contributed by atoms with van der Waals surface area (Å²) in [5, 5.41) is 20.8. The van der Waals surface area contributed by atoms with Crippen molar-refractivity contribution in [2.75, 3.05) is 14.1 Å². The van der Waals surface area contributed by atoms with E-state index in [1.165, 1.54) is 0 Å². The van der Waals surface area contributed by atoms with Crippen molar-refractivity contribution < 1.29 is 10.2 Å². The van der Waals surface area contributed by atoms with Crippen molar-refractivity contribution in [3.05, 3.63) is 29.8 Å². The van der Waals surface area contributed by atoms with E-state index in [-0.39, 0.29) is 23.7 Å². The molecule has 1 fully saturated rings. The molecule has 3 nitrogen and oxygen atoms in total. The lowest BCUT2D eigenvalue weighted by atomic mass is 9.66. The first-order valence-corrected chi connectivity index (χ1v) is 6.59. The smallest absolute Gasteiger partial charge is 0.115 e. The van der Waals surface area contributed by atoms with Crippen molar-refractivity contribution in [2.24, 2.45) is 0 Å². The molecule has 1 aromatic carbocycles. The second-order valence-corrected chi connectivity index (χ2v) is 5.79. The first-order valence-electron chi connectivity index (χ1n) is 6.59. The van der Waals surface area contributed by atoms with Crippen LogP contribution in [-0.2, 0) is 5.60 Å². The van der Waals surface area contributed by atoms with Crippen LogP contribution in [-0.4, -0.2) is 34.7 Å². The van der Waals surface area contributed by atoms with E-state index in [1.807, 2.05) is 20.2 Å². The second-order valence-electron chi connectivity index (χ2n) is 5.79. The third kappa shape index (κ3) is 2.60. The number of hydrogen-bond donors (Lipinski definition) is 2. The van der Waals surface area contributed by atoms with Gasteiger partial charge in [-0.3, -0.25) is 0 Å². The molecular weight excluding hydrogens is 262 g/mol. The molecule has 1 aliphatic carbocycles. The fourth-order valence-corrected chi connectivity index (χ4v) is 3.14. The Bertz CT molecular complexity index is 438. The van der Waals surface area contributed by atoms with Gasteiger partial charge in [-0.15, -0.1) is 12.4 Å². The molecule has 4 heteroatoms. The molecule has 2 unspecified atom stereocenters. The Morgan fingerprint density at radius 1 is 1.16 bits per heavy atom. The summed E-state index contributed by atoms with van der Waals surface area (Å²) >= 11 is 0. The Labute approximate surface area is 121 Å². The Morgan fingerprint density at radius 3 is 2.37 bits per heavy atom. The minimum atomic E-state index is -0.895. The lowest BCUT2D eigenvalue weighted by Crippen LogP contribution is -2.59. The molecule has 0 heterocycles. The second kappa shape index (κ2) is 5.70. The molecule has 2 atom stereocenters. The van der Waals surface area contributed by atoms with E-state index in [0.717, 1.165) is 31.2 Å². The zero-order valence-corrected chi connectivity index (χ0v) is 12.7. The molecule has 1 saturated carbocycles. The molecule has 1 aromatic rings. The highest BCUT2D eigenvalue weighted by Crippen LogP contribution is 2.47. The molecule has 0 aromatic heterocycles. The van der Waals surface area contributed by atoms with Gasteiger partial charge in [0.15, 0.2) is 0 Å². The number of phenols is 1. The summed E-state index contributed by atoms with van der Waals surface area (Å²) in [4.78, 5) is 2.11. The van der Waals surface area contributed by atoms with Crippen molar-refractivity contribution in [2.45, 2.75) is 43.7 Å². The molecule has 19 heavy (non-hydrogen) atoms. The fourth-order valence-electron chi connectivity index (χ4n) is 3.14. The minimum absolute atomic E-state index is 0. The predicted octanol–water partition coefficient (Wildman–Crippen LogP) is 2.90. The molecule has 0 amide bonds. The van der Waals surface area contributed by atoms with E-state index in [0.29, 0.717) is 0 Å². The van der Waals surface area contributed by atoms with E-state index in [1.54, 1.807) is 18.2 Å². The van der Waals surface area contributed by atoms with E-state index in [2.05, 4.69) is 11.8 Å². The van der Waals surface area contributed by atoms with Crippen LogP contribution in [0.25, 0.3) is 0 Å². The van der Waals surface area contributed by atoms with Crippen LogP contribution in [0, 0.1) is 0 Å². The molecule has 0 spiro atoms. The zero-order valence-electron chi connectivity index (χ0n) is 11.9. The maximum absolute atomic E-state index is 11.2. The average Bonchev–Trinajstić information content (AvgIpc) is 2.33. The molecule has 0 bridgehead atoms. The summed E-state index contributed by atoms with van der Waals surface area (Å²) in [6, 6.07) is 7.04. The van der Waals surface area contributed by atoms with Gasteiger partial charge in [0, 0.05) is 0 Å². The number of benzene rings is 1. The van der Waals surface area contributed by atoms with Gasteiger partial charge in [0.1, 0.15) is 11.4 Å². The zero-order chi connectivity index (χ0) is 13.4. The van der Waals surface area contributed by atoms with Gasteiger partial charge in [-0.1, -0.05) is 25.0 Å². The van der Waals surface area contributed by atoms with Crippen LogP contribution >= 0.6 is 12.4 Å². The topological polar surface area (TPSA) is 43.7 Å². The molecule has 1 aliphatic rings. The average molecular weight is 286 g/mol. The molecule has 0 saturated heterocycles. The fraction of sp³-hybridized carbons (Fsp3) is 0.600. The van der Waals surface area contributed by atoms with Crippen LogP contribution in [0.3, 0.4) is 0 Å². The van der Waals surface area contributed by atoms with Gasteiger partial charge >= 0.3 is 0 Å². The number of aromatic hydroxyl groups is 1. The van der Waals surface area contributed by atoms with Crippen molar-refractivity contribution >= 4 is 12.4 Å². The molecular formula is C15H24ClNO2. The van der Waals surface area contributed by atoms with E-state index in [4.69, 9.17) is 0 Å². The van der Waals surface area contributed by atoms with Gasteiger partial charge in [0.2, 0.25) is 0 Å². The van der Waals surface area contributed by atoms with E-state index < -0.39 is 5.60 Å². The van der Waals surface area contributed by atoms with Crippen molar-refractivity contribution in [1.82, 2.24) is 4.90 Å². The van der Waals surface area contributed by atoms with Gasteiger partial charge in [-0.05, 0) is 51.6 Å². The number of nitrogens with zero attached hydrogens (tertiary/aromatic N) is 1. The Kier molecular flexibility index (Phi) is 4.88. The summed E-state index contributed by atoms with van der Waals surface area (Å²) in [5.74, 6) is 0.215. The lowest BCUT2D eigenvalue weighted by molar-refractivity contribution is -0.123. The third-order valence-corrected chi connectivity index (χ3v) is 4.65. The van der Waals surface area contributed by atoms with Crippen molar-refractivity contribution in [3.63, 3.8) is 0 Å². The largest absolute Gasteiger partial charge is 0.508 e. The number of halogens is 1. The Balaban J connectivity index is 0.00000180. The SMILES string of the molecule is CN(C)C1(C)CCCCC1(O)c1cccc(O)c1.Cl. The first-order chi connectivity index (χ1) is 8.40. The standard InChI is InChI=1S/C15H23NO2.ClH/c1-14(16(2)3)9-4-5-10-15(14,18)12-7-6-8-13(17)11-12;/h6-8,11,17-18H,4-5,9-10H2,1-3H3;1H. The minimum Gasteiger partial charge on any atom is -0.508 e. The summed E-state index contributed by atoms with van der Waals surface area (Å²) in [5.41, 5.74) is -0.370. The quantitative estimate of drug-likeness (QED) is 0.878. The number of likely N-dealkylation sites (N-methyl/N-ethyl adjacent to an activating group) is 1. The highest BCUT2D eigenvalue weighted by molar-refractivity contribution is 5.85. The van der Waals surface area contributed by atoms with Crippen LogP contribution in [0.4, 0.5) is 0 Å². The maximum atomic E-state index is 11.2.